The molecule has 0 aromatic carbocycles. The van der Waals surface area contributed by atoms with Crippen LogP contribution in [0.5, 0.6) is 0 Å². The van der Waals surface area contributed by atoms with E-state index in [0.717, 1.165) is 18.4 Å². The number of nitrogens with zero attached hydrogens (tertiary/aromatic N) is 1. The summed E-state index contributed by atoms with van der Waals surface area (Å²) in [6.07, 6.45) is 11.4. The fourth-order valence-corrected chi connectivity index (χ4v) is 3.47. The minimum atomic E-state index is 0.389. The van der Waals surface area contributed by atoms with Crippen LogP contribution in [0.3, 0.4) is 0 Å². The van der Waals surface area contributed by atoms with Crippen molar-refractivity contribution in [2.45, 2.75) is 64.3 Å². The third-order valence-corrected chi connectivity index (χ3v) is 4.85. The van der Waals surface area contributed by atoms with Crippen LogP contribution < -0.4 is 5.73 Å². The first-order chi connectivity index (χ1) is 7.74. The Labute approximate surface area is 101 Å². The summed E-state index contributed by atoms with van der Waals surface area (Å²) in [6.45, 7) is 5.91. The number of nitrogens with two attached hydrogens (primary N) is 1. The van der Waals surface area contributed by atoms with E-state index in [9.17, 15) is 0 Å². The summed E-state index contributed by atoms with van der Waals surface area (Å²) in [5, 5.41) is 0. The number of hydrogen-bond donors (Lipinski definition) is 1. The average molecular weight is 224 g/mol. The van der Waals surface area contributed by atoms with Gasteiger partial charge in [0.2, 0.25) is 0 Å². The molecule has 0 bridgehead atoms. The smallest absolute Gasteiger partial charge is 0.0165 e. The number of hydrogen-bond acceptors (Lipinski definition) is 2. The quantitative estimate of drug-likeness (QED) is 0.798. The fraction of sp³-hybridized carbons (Fsp3) is 1.00. The predicted molar refractivity (Wildman–Crippen MR) is 69.5 cm³/mol. The van der Waals surface area contributed by atoms with E-state index in [4.69, 9.17) is 5.73 Å². The van der Waals surface area contributed by atoms with Crippen LogP contribution in [0.1, 0.15) is 58.3 Å². The van der Waals surface area contributed by atoms with Crippen LogP contribution in [0.15, 0.2) is 0 Å². The molecule has 2 fully saturated rings. The average Bonchev–Trinajstić information content (AvgIpc) is 2.33. The molecule has 1 saturated carbocycles. The van der Waals surface area contributed by atoms with Crippen molar-refractivity contribution in [1.29, 1.82) is 0 Å². The van der Waals surface area contributed by atoms with Crippen LogP contribution >= 0.6 is 0 Å². The van der Waals surface area contributed by atoms with E-state index in [1.54, 1.807) is 0 Å². The topological polar surface area (TPSA) is 29.3 Å². The van der Waals surface area contributed by atoms with Crippen molar-refractivity contribution in [3.8, 4) is 0 Å². The summed E-state index contributed by atoms with van der Waals surface area (Å²) in [5.74, 6) is 0. The Morgan fingerprint density at radius 2 is 1.69 bits per heavy atom. The van der Waals surface area contributed by atoms with Gasteiger partial charge < -0.3 is 10.6 Å². The molecule has 2 rings (SSSR count). The van der Waals surface area contributed by atoms with Crippen molar-refractivity contribution < 1.29 is 0 Å². The molecular weight excluding hydrogens is 196 g/mol. The van der Waals surface area contributed by atoms with Crippen LogP contribution in [-0.2, 0) is 0 Å². The molecule has 2 nitrogen and oxygen atoms in total. The fourth-order valence-electron chi connectivity index (χ4n) is 3.47. The number of piperidine rings is 1. The van der Waals surface area contributed by atoms with E-state index >= 15 is 0 Å². The minimum Gasteiger partial charge on any atom is -0.327 e. The maximum absolute atomic E-state index is 6.03. The van der Waals surface area contributed by atoms with Gasteiger partial charge in [0.15, 0.2) is 0 Å². The molecule has 0 aromatic heterocycles. The van der Waals surface area contributed by atoms with Crippen molar-refractivity contribution >= 4 is 0 Å². The van der Waals surface area contributed by atoms with Crippen molar-refractivity contribution in [2.75, 3.05) is 19.6 Å². The van der Waals surface area contributed by atoms with Crippen LogP contribution in [0.4, 0.5) is 0 Å². The van der Waals surface area contributed by atoms with Crippen LogP contribution in [0.2, 0.25) is 0 Å². The standard InChI is InChI=1S/C14H28N2/c1-2-13(15)12-16-10-8-14(9-11-16)6-4-3-5-7-14/h13H,2-12,15H2,1H3. The highest BCUT2D eigenvalue weighted by Crippen LogP contribution is 2.44. The molecule has 0 radical (unpaired) electrons. The van der Waals surface area contributed by atoms with Gasteiger partial charge in [-0.05, 0) is 50.6 Å². The Kier molecular flexibility index (Phi) is 4.26. The van der Waals surface area contributed by atoms with Gasteiger partial charge in [-0.1, -0.05) is 26.2 Å². The molecule has 1 atom stereocenters. The van der Waals surface area contributed by atoms with E-state index < -0.39 is 0 Å². The number of rotatable bonds is 3. The lowest BCUT2D eigenvalue weighted by atomic mass is 9.68. The van der Waals surface area contributed by atoms with E-state index in [2.05, 4.69) is 11.8 Å². The van der Waals surface area contributed by atoms with Gasteiger partial charge in [-0.3, -0.25) is 0 Å². The molecule has 0 amide bonds. The molecule has 1 saturated heterocycles. The zero-order valence-electron chi connectivity index (χ0n) is 10.9. The molecule has 1 aliphatic carbocycles. The van der Waals surface area contributed by atoms with Crippen LogP contribution in [0, 0.1) is 5.41 Å². The molecule has 1 spiro atoms. The van der Waals surface area contributed by atoms with Gasteiger partial charge in [-0.15, -0.1) is 0 Å². The second-order valence-electron chi connectivity index (χ2n) is 6.03. The Hall–Kier alpha value is -0.0800. The second-order valence-corrected chi connectivity index (χ2v) is 6.03. The Morgan fingerprint density at radius 1 is 1.06 bits per heavy atom. The summed E-state index contributed by atoms with van der Waals surface area (Å²) < 4.78 is 0. The summed E-state index contributed by atoms with van der Waals surface area (Å²) in [5.41, 5.74) is 6.77. The zero-order valence-corrected chi connectivity index (χ0v) is 10.9. The molecule has 16 heavy (non-hydrogen) atoms. The van der Waals surface area contributed by atoms with E-state index in [1.807, 2.05) is 0 Å². The SMILES string of the molecule is CCC(N)CN1CCC2(CCCCC2)CC1. The molecule has 2 heteroatoms. The maximum atomic E-state index is 6.03. The summed E-state index contributed by atoms with van der Waals surface area (Å²) in [6, 6.07) is 0.389. The van der Waals surface area contributed by atoms with Crippen molar-refractivity contribution in [2.24, 2.45) is 11.1 Å². The summed E-state index contributed by atoms with van der Waals surface area (Å²) >= 11 is 0. The van der Waals surface area contributed by atoms with Gasteiger partial charge in [0, 0.05) is 12.6 Å². The van der Waals surface area contributed by atoms with Crippen LogP contribution in [-0.4, -0.2) is 30.6 Å². The molecule has 1 aliphatic heterocycles. The molecule has 2 aliphatic rings. The van der Waals surface area contributed by atoms with Gasteiger partial charge in [0.1, 0.15) is 0 Å². The normalized spacial score (nSPS) is 28.1. The molecular formula is C14H28N2. The predicted octanol–water partition coefficient (Wildman–Crippen LogP) is 2.77. The highest BCUT2D eigenvalue weighted by atomic mass is 15.1. The highest BCUT2D eigenvalue weighted by molar-refractivity contribution is 4.88. The van der Waals surface area contributed by atoms with Gasteiger partial charge >= 0.3 is 0 Å². The molecule has 1 heterocycles. The molecule has 0 aromatic rings. The van der Waals surface area contributed by atoms with E-state index in [1.165, 1.54) is 58.0 Å². The molecule has 1 unspecified atom stereocenters. The third kappa shape index (κ3) is 2.98. The van der Waals surface area contributed by atoms with Gasteiger partial charge in [-0.25, -0.2) is 0 Å². The maximum Gasteiger partial charge on any atom is 0.0165 e. The first kappa shape index (κ1) is 12.4. The van der Waals surface area contributed by atoms with Crippen molar-refractivity contribution in [3.05, 3.63) is 0 Å². The lowest BCUT2D eigenvalue weighted by Gasteiger charge is -2.44. The molecule has 2 N–H and O–H groups in total. The van der Waals surface area contributed by atoms with Gasteiger partial charge in [-0.2, -0.15) is 0 Å². The van der Waals surface area contributed by atoms with Gasteiger partial charge in [0.25, 0.3) is 0 Å². The highest BCUT2D eigenvalue weighted by Gasteiger charge is 2.35. The minimum absolute atomic E-state index is 0.389. The first-order valence-corrected chi connectivity index (χ1v) is 7.22. The van der Waals surface area contributed by atoms with Gasteiger partial charge in [0.05, 0.1) is 0 Å². The largest absolute Gasteiger partial charge is 0.327 e. The van der Waals surface area contributed by atoms with E-state index in [-0.39, 0.29) is 0 Å². The summed E-state index contributed by atoms with van der Waals surface area (Å²) in [7, 11) is 0. The molecule has 94 valence electrons. The van der Waals surface area contributed by atoms with Crippen LogP contribution in [0.25, 0.3) is 0 Å². The third-order valence-electron chi connectivity index (χ3n) is 4.85. The number of likely N-dealkylation sites (tertiary alicyclic amines) is 1. The first-order valence-electron chi connectivity index (χ1n) is 7.22. The summed E-state index contributed by atoms with van der Waals surface area (Å²) in [4.78, 5) is 2.59. The van der Waals surface area contributed by atoms with Crippen molar-refractivity contribution in [1.82, 2.24) is 4.90 Å². The van der Waals surface area contributed by atoms with E-state index in [0.29, 0.717) is 6.04 Å². The Balaban J connectivity index is 1.77. The van der Waals surface area contributed by atoms with Crippen molar-refractivity contribution in [3.63, 3.8) is 0 Å². The lowest BCUT2D eigenvalue weighted by molar-refractivity contribution is 0.0647. The second kappa shape index (κ2) is 5.50. The zero-order chi connectivity index (χ0) is 11.4. The Morgan fingerprint density at radius 3 is 2.25 bits per heavy atom. The monoisotopic (exact) mass is 224 g/mol. The lowest BCUT2D eigenvalue weighted by Crippen LogP contribution is -2.45. The Bertz CT molecular complexity index is 199.